The van der Waals surface area contributed by atoms with E-state index in [1.54, 1.807) is 12.1 Å². The van der Waals surface area contributed by atoms with Crippen LogP contribution in [0.25, 0.3) is 11.1 Å². The lowest BCUT2D eigenvalue weighted by molar-refractivity contribution is -0.384. The van der Waals surface area contributed by atoms with E-state index in [9.17, 15) is 10.1 Å². The van der Waals surface area contributed by atoms with Crippen LogP contribution in [-0.2, 0) is 0 Å². The van der Waals surface area contributed by atoms with Crippen LogP contribution in [0.4, 0.5) is 5.69 Å². The fourth-order valence-corrected chi connectivity index (χ4v) is 2.46. The third kappa shape index (κ3) is 4.30. The van der Waals surface area contributed by atoms with Crippen molar-refractivity contribution in [3.8, 4) is 22.6 Å². The summed E-state index contributed by atoms with van der Waals surface area (Å²) in [5.74, 6) is 3.21. The lowest BCUT2D eigenvalue weighted by atomic mass is 10.1. The molecule has 0 spiro atoms. The van der Waals surface area contributed by atoms with E-state index in [1.165, 1.54) is 12.1 Å². The number of rotatable bonds is 3. The summed E-state index contributed by atoms with van der Waals surface area (Å²) in [5, 5.41) is 15.4. The second kappa shape index (κ2) is 6.38. The first-order chi connectivity index (χ1) is 10.7. The summed E-state index contributed by atoms with van der Waals surface area (Å²) < 4.78 is 1.88. The number of aromatic nitrogens is 2. The summed E-state index contributed by atoms with van der Waals surface area (Å²) >= 11 is 0. The molecule has 23 heavy (non-hydrogen) atoms. The summed E-state index contributed by atoms with van der Waals surface area (Å²) in [6, 6.07) is 6.75. The van der Waals surface area contributed by atoms with Gasteiger partial charge in [-0.25, -0.2) is 0 Å². The summed E-state index contributed by atoms with van der Waals surface area (Å²) in [4.78, 5) is 10.4. The van der Waals surface area contributed by atoms with Gasteiger partial charge >= 0.3 is 0 Å². The Morgan fingerprint density at radius 3 is 2.30 bits per heavy atom. The molecule has 1 aromatic carbocycles. The van der Waals surface area contributed by atoms with E-state index < -0.39 is 13.0 Å². The molecular weight excluding hydrogens is 306 g/mol. The maximum Gasteiger partial charge on any atom is 0.269 e. The number of non-ortho nitro benzene ring substituents is 1. The monoisotopic (exact) mass is 327 g/mol. The van der Waals surface area contributed by atoms with Crippen LogP contribution < -0.4 is 0 Å². The topological polar surface area (TPSA) is 61.0 Å². The molecule has 0 aliphatic carbocycles. The van der Waals surface area contributed by atoms with Crippen molar-refractivity contribution in [2.45, 2.75) is 39.5 Å². The van der Waals surface area contributed by atoms with Crippen LogP contribution in [0.3, 0.4) is 0 Å². The zero-order valence-corrected chi connectivity index (χ0v) is 15.1. The van der Waals surface area contributed by atoms with Gasteiger partial charge in [0.1, 0.15) is 13.8 Å². The van der Waals surface area contributed by atoms with Gasteiger partial charge < -0.3 is 0 Å². The minimum absolute atomic E-state index is 0.0831. The molecule has 2 aromatic rings. The predicted octanol–water partition coefficient (Wildman–Crippen LogP) is 4.27. The van der Waals surface area contributed by atoms with Crippen LogP contribution in [0.2, 0.25) is 19.6 Å². The average molecular weight is 327 g/mol. The maximum absolute atomic E-state index is 10.8. The number of benzene rings is 1. The molecular formula is C17H21N3O2Si. The third-order valence-electron chi connectivity index (χ3n) is 3.21. The maximum atomic E-state index is 10.8. The van der Waals surface area contributed by atoms with Gasteiger partial charge in [-0.3, -0.25) is 14.8 Å². The zero-order valence-electron chi connectivity index (χ0n) is 14.1. The largest absolute Gasteiger partial charge is 0.269 e. The van der Waals surface area contributed by atoms with Crippen molar-refractivity contribution in [1.29, 1.82) is 0 Å². The van der Waals surface area contributed by atoms with E-state index in [2.05, 4.69) is 50.1 Å². The molecule has 0 N–H and O–H groups in total. The molecule has 0 saturated heterocycles. The molecule has 1 heterocycles. The molecule has 0 atom stereocenters. The first-order valence-electron chi connectivity index (χ1n) is 7.54. The lowest BCUT2D eigenvalue weighted by Crippen LogP contribution is -2.16. The van der Waals surface area contributed by atoms with E-state index in [4.69, 9.17) is 0 Å². The average Bonchev–Trinajstić information content (AvgIpc) is 2.89. The highest BCUT2D eigenvalue weighted by molar-refractivity contribution is 6.83. The number of nitrogens with zero attached hydrogens (tertiary/aromatic N) is 3. The second-order valence-corrected chi connectivity index (χ2v) is 11.5. The molecule has 5 nitrogen and oxygen atoms in total. The van der Waals surface area contributed by atoms with Gasteiger partial charge in [0.05, 0.1) is 4.92 Å². The van der Waals surface area contributed by atoms with Crippen molar-refractivity contribution < 1.29 is 4.92 Å². The number of nitro benzene ring substituents is 1. The molecule has 6 heteroatoms. The molecule has 0 fully saturated rings. The summed E-state index contributed by atoms with van der Waals surface area (Å²) in [7, 11) is -1.51. The Morgan fingerprint density at radius 2 is 1.83 bits per heavy atom. The van der Waals surface area contributed by atoms with Crippen LogP contribution in [0.5, 0.6) is 0 Å². The Morgan fingerprint density at radius 1 is 1.22 bits per heavy atom. The van der Waals surface area contributed by atoms with E-state index in [0.29, 0.717) is 0 Å². The molecule has 0 amide bonds. The molecule has 0 saturated carbocycles. The van der Waals surface area contributed by atoms with E-state index in [0.717, 1.165) is 16.8 Å². The number of nitro groups is 1. The van der Waals surface area contributed by atoms with Gasteiger partial charge in [-0.2, -0.15) is 5.10 Å². The van der Waals surface area contributed by atoms with Crippen molar-refractivity contribution >= 4 is 13.8 Å². The lowest BCUT2D eigenvalue weighted by Gasteiger charge is -2.03. The highest BCUT2D eigenvalue weighted by atomic mass is 28.3. The number of hydrogen-bond acceptors (Lipinski definition) is 3. The van der Waals surface area contributed by atoms with Crippen LogP contribution in [0, 0.1) is 21.6 Å². The minimum atomic E-state index is -1.51. The summed E-state index contributed by atoms with van der Waals surface area (Å²) in [6.07, 6.45) is 1.96. The molecule has 0 radical (unpaired) electrons. The Hall–Kier alpha value is -2.39. The Labute approximate surface area is 137 Å². The molecule has 2 rings (SSSR count). The normalized spacial score (nSPS) is 11.2. The van der Waals surface area contributed by atoms with Crippen LogP contribution in [-0.4, -0.2) is 22.8 Å². The minimum Gasteiger partial charge on any atom is -0.268 e. The smallest absolute Gasteiger partial charge is 0.268 e. The van der Waals surface area contributed by atoms with Crippen molar-refractivity contribution in [3.63, 3.8) is 0 Å². The molecule has 0 aliphatic heterocycles. The Balaban J connectivity index is 2.51. The highest BCUT2D eigenvalue weighted by Crippen LogP contribution is 2.26. The Bertz CT molecular complexity index is 775. The highest BCUT2D eigenvalue weighted by Gasteiger charge is 2.14. The van der Waals surface area contributed by atoms with Crippen LogP contribution in [0.1, 0.15) is 25.6 Å². The first-order valence-corrected chi connectivity index (χ1v) is 11.0. The first kappa shape index (κ1) is 17.0. The van der Waals surface area contributed by atoms with Gasteiger partial charge in [-0.1, -0.05) is 25.6 Å². The predicted molar refractivity (Wildman–Crippen MR) is 94.9 cm³/mol. The van der Waals surface area contributed by atoms with Gasteiger partial charge in [0.2, 0.25) is 0 Å². The van der Waals surface area contributed by atoms with Crippen molar-refractivity contribution in [2.75, 3.05) is 0 Å². The SMILES string of the molecule is CC(C)n1cc(-c2ccc([N+](=O)[O-])cc2)c(C#C[Si](C)(C)C)n1. The van der Waals surface area contributed by atoms with Gasteiger partial charge in [-0.15, -0.1) is 5.54 Å². The quantitative estimate of drug-likeness (QED) is 0.366. The molecule has 0 unspecified atom stereocenters. The van der Waals surface area contributed by atoms with E-state index in [1.807, 2.05) is 10.9 Å². The van der Waals surface area contributed by atoms with E-state index in [-0.39, 0.29) is 11.7 Å². The molecule has 0 bridgehead atoms. The van der Waals surface area contributed by atoms with Crippen molar-refractivity contribution in [1.82, 2.24) is 9.78 Å². The molecule has 0 aliphatic rings. The zero-order chi connectivity index (χ0) is 17.2. The van der Waals surface area contributed by atoms with Gasteiger partial charge in [0.15, 0.2) is 0 Å². The van der Waals surface area contributed by atoms with E-state index >= 15 is 0 Å². The second-order valence-electron chi connectivity index (χ2n) is 6.77. The van der Waals surface area contributed by atoms with Gasteiger partial charge in [-0.05, 0) is 31.5 Å². The molecule has 120 valence electrons. The number of hydrogen-bond donors (Lipinski definition) is 0. The summed E-state index contributed by atoms with van der Waals surface area (Å²) in [6.45, 7) is 10.7. The van der Waals surface area contributed by atoms with Crippen LogP contribution >= 0.6 is 0 Å². The Kier molecular flexibility index (Phi) is 4.71. The standard InChI is InChI=1S/C17H21N3O2Si/c1-13(2)19-12-16(17(18-19)10-11-23(3,4)5)14-6-8-15(9-7-14)20(21)22/h6-9,12-13H,1-5H3. The molecule has 1 aromatic heterocycles. The van der Waals surface area contributed by atoms with Crippen molar-refractivity contribution in [3.05, 3.63) is 46.3 Å². The summed E-state index contributed by atoms with van der Waals surface area (Å²) in [5.41, 5.74) is 5.96. The third-order valence-corrected chi connectivity index (χ3v) is 4.08. The van der Waals surface area contributed by atoms with Gasteiger partial charge in [0.25, 0.3) is 5.69 Å². The van der Waals surface area contributed by atoms with Crippen molar-refractivity contribution in [2.24, 2.45) is 0 Å². The fraction of sp³-hybridized carbons (Fsp3) is 0.353. The fourth-order valence-electron chi connectivity index (χ4n) is 1.97. The van der Waals surface area contributed by atoms with Crippen LogP contribution in [0.15, 0.2) is 30.5 Å². The van der Waals surface area contributed by atoms with Gasteiger partial charge in [0, 0.05) is 29.9 Å².